The van der Waals surface area contributed by atoms with Gasteiger partial charge in [-0.2, -0.15) is 0 Å². The third-order valence-electron chi connectivity index (χ3n) is 3.06. The first-order valence-corrected chi connectivity index (χ1v) is 6.17. The lowest BCUT2D eigenvalue weighted by Crippen LogP contribution is -2.11. The van der Waals surface area contributed by atoms with Crippen molar-refractivity contribution < 1.29 is 4.52 Å². The van der Waals surface area contributed by atoms with Gasteiger partial charge in [0.05, 0.1) is 6.04 Å². The number of nitrogens with zero attached hydrogens (tertiary/aromatic N) is 1. The van der Waals surface area contributed by atoms with E-state index in [4.69, 9.17) is 10.3 Å². The molecule has 2 N–H and O–H groups in total. The summed E-state index contributed by atoms with van der Waals surface area (Å²) in [5.74, 6) is 0.738. The molecule has 0 bridgehead atoms. The van der Waals surface area contributed by atoms with Crippen LogP contribution in [0.4, 0.5) is 0 Å². The average Bonchev–Trinajstić information content (AvgIpc) is 2.98. The molecule has 0 spiro atoms. The smallest absolute Gasteiger partial charge is 0.167 e. The minimum atomic E-state index is -0.262. The van der Waals surface area contributed by atoms with Crippen molar-refractivity contribution in [2.45, 2.75) is 6.04 Å². The molecular weight excluding hydrogens is 236 g/mol. The van der Waals surface area contributed by atoms with Gasteiger partial charge in [0, 0.05) is 11.6 Å². The van der Waals surface area contributed by atoms with Crippen LogP contribution in [0.5, 0.6) is 0 Å². The quantitative estimate of drug-likeness (QED) is 0.775. The van der Waals surface area contributed by atoms with Crippen molar-refractivity contribution in [2.75, 3.05) is 0 Å². The van der Waals surface area contributed by atoms with E-state index in [0.717, 1.165) is 22.6 Å². The van der Waals surface area contributed by atoms with E-state index in [1.807, 2.05) is 66.7 Å². The Balaban J connectivity index is 1.90. The molecule has 0 amide bonds. The monoisotopic (exact) mass is 250 g/mol. The van der Waals surface area contributed by atoms with E-state index in [2.05, 4.69) is 5.16 Å². The van der Waals surface area contributed by atoms with Crippen LogP contribution in [0.25, 0.3) is 11.3 Å². The zero-order valence-corrected chi connectivity index (χ0v) is 10.4. The van der Waals surface area contributed by atoms with Gasteiger partial charge in [-0.15, -0.1) is 0 Å². The van der Waals surface area contributed by atoms with Gasteiger partial charge in [-0.05, 0) is 5.56 Å². The SMILES string of the molecule is NC(c1ccccc1)c1cc(-c2ccccc2)on1. The molecular formula is C16H14N2O. The van der Waals surface area contributed by atoms with Crippen LogP contribution in [0.2, 0.25) is 0 Å². The molecule has 0 radical (unpaired) electrons. The van der Waals surface area contributed by atoms with Crippen LogP contribution >= 0.6 is 0 Å². The minimum absolute atomic E-state index is 0.262. The topological polar surface area (TPSA) is 52.0 Å². The molecule has 0 aliphatic carbocycles. The van der Waals surface area contributed by atoms with Crippen LogP contribution < -0.4 is 5.73 Å². The summed E-state index contributed by atoms with van der Waals surface area (Å²) in [6, 6.07) is 21.4. The number of rotatable bonds is 3. The lowest BCUT2D eigenvalue weighted by molar-refractivity contribution is 0.420. The first kappa shape index (κ1) is 11.7. The van der Waals surface area contributed by atoms with Crippen molar-refractivity contribution in [2.24, 2.45) is 5.73 Å². The third-order valence-corrected chi connectivity index (χ3v) is 3.06. The second-order valence-corrected chi connectivity index (χ2v) is 4.37. The van der Waals surface area contributed by atoms with Crippen molar-refractivity contribution in [3.63, 3.8) is 0 Å². The lowest BCUT2D eigenvalue weighted by Gasteiger charge is -2.07. The van der Waals surface area contributed by atoms with Crippen LogP contribution in [0.3, 0.4) is 0 Å². The van der Waals surface area contributed by atoms with Gasteiger partial charge in [-0.25, -0.2) is 0 Å². The normalized spacial score (nSPS) is 12.3. The maximum atomic E-state index is 6.19. The van der Waals surface area contributed by atoms with E-state index in [1.165, 1.54) is 0 Å². The van der Waals surface area contributed by atoms with Crippen LogP contribution in [0.1, 0.15) is 17.3 Å². The second-order valence-electron chi connectivity index (χ2n) is 4.37. The summed E-state index contributed by atoms with van der Waals surface area (Å²) in [6.07, 6.45) is 0. The average molecular weight is 250 g/mol. The van der Waals surface area contributed by atoms with E-state index in [9.17, 15) is 0 Å². The molecule has 0 saturated heterocycles. The summed E-state index contributed by atoms with van der Waals surface area (Å²) in [4.78, 5) is 0. The Hall–Kier alpha value is -2.39. The number of hydrogen-bond donors (Lipinski definition) is 1. The Bertz CT molecular complexity index is 647. The maximum absolute atomic E-state index is 6.19. The summed E-state index contributed by atoms with van der Waals surface area (Å²) >= 11 is 0. The Labute approximate surface area is 111 Å². The van der Waals surface area contributed by atoms with Crippen LogP contribution in [0, 0.1) is 0 Å². The van der Waals surface area contributed by atoms with Gasteiger partial charge in [0.2, 0.25) is 0 Å². The first-order chi connectivity index (χ1) is 9.34. The van der Waals surface area contributed by atoms with E-state index < -0.39 is 0 Å². The van der Waals surface area contributed by atoms with Crippen molar-refractivity contribution in [1.29, 1.82) is 0 Å². The molecule has 94 valence electrons. The fraction of sp³-hybridized carbons (Fsp3) is 0.0625. The first-order valence-electron chi connectivity index (χ1n) is 6.17. The third kappa shape index (κ3) is 2.41. The second kappa shape index (κ2) is 5.08. The highest BCUT2D eigenvalue weighted by Gasteiger charge is 2.14. The molecule has 3 aromatic rings. The van der Waals surface area contributed by atoms with E-state index in [-0.39, 0.29) is 6.04 Å². The predicted molar refractivity (Wildman–Crippen MR) is 74.4 cm³/mol. The maximum Gasteiger partial charge on any atom is 0.167 e. The fourth-order valence-electron chi connectivity index (χ4n) is 2.01. The minimum Gasteiger partial charge on any atom is -0.356 e. The van der Waals surface area contributed by atoms with Crippen molar-refractivity contribution in [3.05, 3.63) is 78.0 Å². The number of hydrogen-bond acceptors (Lipinski definition) is 3. The molecule has 0 aliphatic heterocycles. The van der Waals surface area contributed by atoms with Crippen molar-refractivity contribution in [3.8, 4) is 11.3 Å². The van der Waals surface area contributed by atoms with Gasteiger partial charge in [-0.1, -0.05) is 65.8 Å². The molecule has 1 heterocycles. The molecule has 1 aromatic heterocycles. The van der Waals surface area contributed by atoms with Gasteiger partial charge in [0.15, 0.2) is 5.76 Å². The Kier molecular flexibility index (Phi) is 3.12. The van der Waals surface area contributed by atoms with E-state index in [1.54, 1.807) is 0 Å². The molecule has 0 fully saturated rings. The molecule has 3 heteroatoms. The number of benzene rings is 2. The van der Waals surface area contributed by atoms with E-state index >= 15 is 0 Å². The van der Waals surface area contributed by atoms with Crippen molar-refractivity contribution >= 4 is 0 Å². The number of nitrogens with two attached hydrogens (primary N) is 1. The molecule has 19 heavy (non-hydrogen) atoms. The molecule has 0 saturated carbocycles. The zero-order chi connectivity index (χ0) is 13.1. The summed E-state index contributed by atoms with van der Waals surface area (Å²) in [5.41, 5.74) is 8.95. The summed E-state index contributed by atoms with van der Waals surface area (Å²) in [7, 11) is 0. The standard InChI is InChI=1S/C16H14N2O/c17-16(13-9-5-2-6-10-13)14-11-15(19-18-14)12-7-3-1-4-8-12/h1-11,16H,17H2. The lowest BCUT2D eigenvalue weighted by atomic mass is 10.0. The molecule has 1 unspecified atom stereocenters. The highest BCUT2D eigenvalue weighted by atomic mass is 16.5. The predicted octanol–water partition coefficient (Wildman–Crippen LogP) is 3.39. The van der Waals surface area contributed by atoms with Gasteiger partial charge in [0.1, 0.15) is 5.69 Å². The van der Waals surface area contributed by atoms with Crippen LogP contribution in [-0.2, 0) is 0 Å². The zero-order valence-electron chi connectivity index (χ0n) is 10.4. The summed E-state index contributed by atoms with van der Waals surface area (Å²) in [5, 5.41) is 4.07. The highest BCUT2D eigenvalue weighted by Crippen LogP contribution is 2.24. The largest absolute Gasteiger partial charge is 0.356 e. The van der Waals surface area contributed by atoms with Crippen LogP contribution in [-0.4, -0.2) is 5.16 Å². The van der Waals surface area contributed by atoms with Gasteiger partial charge in [0.25, 0.3) is 0 Å². The molecule has 3 rings (SSSR count). The fourth-order valence-corrected chi connectivity index (χ4v) is 2.01. The van der Waals surface area contributed by atoms with Gasteiger partial charge in [-0.3, -0.25) is 0 Å². The number of aromatic nitrogens is 1. The molecule has 1 atom stereocenters. The van der Waals surface area contributed by atoms with Crippen LogP contribution in [0.15, 0.2) is 71.3 Å². The highest BCUT2D eigenvalue weighted by molar-refractivity contribution is 5.57. The molecule has 0 aliphatic rings. The van der Waals surface area contributed by atoms with E-state index in [0.29, 0.717) is 0 Å². The van der Waals surface area contributed by atoms with Gasteiger partial charge >= 0.3 is 0 Å². The van der Waals surface area contributed by atoms with Crippen molar-refractivity contribution in [1.82, 2.24) is 5.16 Å². The Morgan fingerprint density at radius 3 is 2.21 bits per heavy atom. The Morgan fingerprint density at radius 1 is 0.895 bits per heavy atom. The summed E-state index contributed by atoms with van der Waals surface area (Å²) < 4.78 is 5.36. The molecule has 3 nitrogen and oxygen atoms in total. The summed E-state index contributed by atoms with van der Waals surface area (Å²) in [6.45, 7) is 0. The Morgan fingerprint density at radius 2 is 1.53 bits per heavy atom. The van der Waals surface area contributed by atoms with Gasteiger partial charge < -0.3 is 10.3 Å². The molecule has 2 aromatic carbocycles.